The van der Waals surface area contributed by atoms with Crippen LogP contribution >= 0.6 is 0 Å². The van der Waals surface area contributed by atoms with Crippen LogP contribution in [0.15, 0.2) is 0 Å². The van der Waals surface area contributed by atoms with Crippen molar-refractivity contribution in [2.75, 3.05) is 6.79 Å². The van der Waals surface area contributed by atoms with Crippen LogP contribution in [-0.4, -0.2) is 19.0 Å². The van der Waals surface area contributed by atoms with E-state index in [2.05, 4.69) is 25.7 Å². The molecule has 1 heterocycles. The van der Waals surface area contributed by atoms with E-state index >= 15 is 0 Å². The highest BCUT2D eigenvalue weighted by Gasteiger charge is 2.21. The smallest absolute Gasteiger partial charge is 0.148 e. The summed E-state index contributed by atoms with van der Waals surface area (Å²) in [7, 11) is 0. The van der Waals surface area contributed by atoms with Gasteiger partial charge in [-0.05, 0) is 12.8 Å². The molecule has 152 valence electrons. The zero-order valence-corrected chi connectivity index (χ0v) is 17.7. The van der Waals surface area contributed by atoms with Gasteiger partial charge in [-0.25, -0.2) is 0 Å². The van der Waals surface area contributed by atoms with Gasteiger partial charge in [0.25, 0.3) is 0 Å². The summed E-state index contributed by atoms with van der Waals surface area (Å²) >= 11 is 0. The van der Waals surface area contributed by atoms with E-state index in [4.69, 9.17) is 9.47 Å². The second-order valence-corrected chi connectivity index (χ2v) is 7.90. The second-order valence-electron chi connectivity index (χ2n) is 7.90. The molecule has 2 nitrogen and oxygen atoms in total. The summed E-state index contributed by atoms with van der Waals surface area (Å²) in [6, 6.07) is 0. The molecule has 0 aromatic heterocycles. The lowest BCUT2D eigenvalue weighted by atomic mass is 10.0. The van der Waals surface area contributed by atoms with Crippen LogP contribution in [0.3, 0.4) is 0 Å². The maximum atomic E-state index is 5.75. The normalized spacial score (nSPS) is 19.9. The first-order valence-corrected chi connectivity index (χ1v) is 11.6. The molecule has 1 rings (SSSR count). The molecule has 0 bridgehead atoms. The molecule has 1 aliphatic heterocycles. The predicted molar refractivity (Wildman–Crippen MR) is 112 cm³/mol. The van der Waals surface area contributed by atoms with Gasteiger partial charge in [0.15, 0.2) is 0 Å². The van der Waals surface area contributed by atoms with E-state index < -0.39 is 0 Å². The third-order valence-corrected chi connectivity index (χ3v) is 5.35. The summed E-state index contributed by atoms with van der Waals surface area (Å²) in [6.45, 7) is 4.94. The Hall–Kier alpha value is -0.520. The van der Waals surface area contributed by atoms with Gasteiger partial charge >= 0.3 is 0 Å². The van der Waals surface area contributed by atoms with Crippen LogP contribution in [0, 0.1) is 11.8 Å². The van der Waals surface area contributed by atoms with Crippen molar-refractivity contribution >= 4 is 0 Å². The molecule has 0 amide bonds. The molecule has 26 heavy (non-hydrogen) atoms. The lowest BCUT2D eigenvalue weighted by molar-refractivity contribution is -0.161. The van der Waals surface area contributed by atoms with Gasteiger partial charge in [-0.3, -0.25) is 0 Å². The molecule has 1 unspecified atom stereocenters. The molecule has 1 fully saturated rings. The summed E-state index contributed by atoms with van der Waals surface area (Å²) in [5, 5.41) is 0. The lowest BCUT2D eigenvalue weighted by Gasteiger charge is -2.27. The monoisotopic (exact) mass is 364 g/mol. The topological polar surface area (TPSA) is 18.5 Å². The molecule has 2 atom stereocenters. The van der Waals surface area contributed by atoms with Crippen LogP contribution in [0.25, 0.3) is 0 Å². The maximum Gasteiger partial charge on any atom is 0.148 e. The molecule has 0 saturated carbocycles. The van der Waals surface area contributed by atoms with Crippen molar-refractivity contribution in [3.63, 3.8) is 0 Å². The Bertz CT molecular complexity index is 355. The van der Waals surface area contributed by atoms with E-state index in [0.717, 1.165) is 12.8 Å². The van der Waals surface area contributed by atoms with Gasteiger partial charge in [0, 0.05) is 12.8 Å². The highest BCUT2D eigenvalue weighted by molar-refractivity contribution is 5.06. The fourth-order valence-corrected chi connectivity index (χ4v) is 3.58. The van der Waals surface area contributed by atoms with Crippen molar-refractivity contribution in [1.82, 2.24) is 0 Å². The summed E-state index contributed by atoms with van der Waals surface area (Å²) < 4.78 is 11.4. The Kier molecular flexibility index (Phi) is 16.2. The highest BCUT2D eigenvalue weighted by atomic mass is 16.7. The standard InChI is InChI=1S/C24H44O2/c1-3-5-7-9-10-11-12-13-14-16-18-20-24-21-23(25-22-26-24)19-17-15-8-6-4-2/h23-24H,3-16,18,20-22H2,1-2H3/t23-,24?/m1/s1. The number of hydrogen-bond donors (Lipinski definition) is 0. The molecule has 1 saturated heterocycles. The van der Waals surface area contributed by atoms with Crippen molar-refractivity contribution < 1.29 is 9.47 Å². The van der Waals surface area contributed by atoms with Gasteiger partial charge in [0.05, 0.1) is 6.10 Å². The van der Waals surface area contributed by atoms with Gasteiger partial charge in [-0.2, -0.15) is 0 Å². The lowest BCUT2D eigenvalue weighted by Crippen LogP contribution is -2.30. The number of hydrogen-bond acceptors (Lipinski definition) is 2. The van der Waals surface area contributed by atoms with Crippen molar-refractivity contribution in [3.05, 3.63) is 0 Å². The van der Waals surface area contributed by atoms with Gasteiger partial charge in [0.2, 0.25) is 0 Å². The molecule has 0 aromatic rings. The van der Waals surface area contributed by atoms with Crippen LogP contribution in [0.5, 0.6) is 0 Å². The average molecular weight is 365 g/mol. The first-order chi connectivity index (χ1) is 12.9. The summed E-state index contributed by atoms with van der Waals surface area (Å²) in [6.07, 6.45) is 22.7. The van der Waals surface area contributed by atoms with Crippen LogP contribution in [0.2, 0.25) is 0 Å². The minimum atomic E-state index is 0.100. The van der Waals surface area contributed by atoms with E-state index in [0.29, 0.717) is 12.9 Å². The summed E-state index contributed by atoms with van der Waals surface area (Å²) in [5.41, 5.74) is 0. The highest BCUT2D eigenvalue weighted by Crippen LogP contribution is 2.19. The predicted octanol–water partition coefficient (Wildman–Crippen LogP) is 7.40. The molecule has 1 aliphatic rings. The zero-order valence-electron chi connectivity index (χ0n) is 17.7. The van der Waals surface area contributed by atoms with E-state index in [9.17, 15) is 0 Å². The fraction of sp³-hybridized carbons (Fsp3) is 0.917. The quantitative estimate of drug-likeness (QED) is 0.222. The molecule has 0 aromatic carbocycles. The third-order valence-electron chi connectivity index (χ3n) is 5.35. The zero-order chi connectivity index (χ0) is 18.7. The first kappa shape index (κ1) is 23.5. The second kappa shape index (κ2) is 17.9. The van der Waals surface area contributed by atoms with E-state index in [1.807, 2.05) is 0 Å². The molecular formula is C24H44O2. The summed E-state index contributed by atoms with van der Waals surface area (Å²) in [4.78, 5) is 0. The van der Waals surface area contributed by atoms with Crippen molar-refractivity contribution in [2.45, 2.75) is 135 Å². The Morgan fingerprint density at radius 2 is 1.27 bits per heavy atom. The van der Waals surface area contributed by atoms with Crippen molar-refractivity contribution in [1.29, 1.82) is 0 Å². The van der Waals surface area contributed by atoms with Crippen LogP contribution in [0.1, 0.15) is 123 Å². The molecular weight excluding hydrogens is 320 g/mol. The Morgan fingerprint density at radius 3 is 1.92 bits per heavy atom. The minimum absolute atomic E-state index is 0.100. The van der Waals surface area contributed by atoms with Crippen molar-refractivity contribution in [2.24, 2.45) is 0 Å². The Balaban J connectivity index is 1.93. The van der Waals surface area contributed by atoms with Crippen LogP contribution < -0.4 is 0 Å². The van der Waals surface area contributed by atoms with E-state index in [1.54, 1.807) is 0 Å². The molecule has 0 spiro atoms. The number of ether oxygens (including phenoxy) is 2. The Morgan fingerprint density at radius 1 is 0.692 bits per heavy atom. The maximum absolute atomic E-state index is 5.75. The summed E-state index contributed by atoms with van der Waals surface area (Å²) in [5.74, 6) is 6.59. The van der Waals surface area contributed by atoms with E-state index in [-0.39, 0.29) is 6.10 Å². The molecule has 0 N–H and O–H groups in total. The average Bonchev–Trinajstić information content (AvgIpc) is 2.66. The minimum Gasteiger partial charge on any atom is -0.352 e. The SMILES string of the molecule is CCCCCC#C[C@@H]1CC(CCCCCCCCCCCCC)OCO1. The molecule has 0 radical (unpaired) electrons. The fourth-order valence-electron chi connectivity index (χ4n) is 3.58. The molecule has 0 aliphatic carbocycles. The number of unbranched alkanes of at least 4 members (excludes halogenated alkanes) is 13. The Labute approximate surface area is 163 Å². The van der Waals surface area contributed by atoms with Gasteiger partial charge < -0.3 is 9.47 Å². The van der Waals surface area contributed by atoms with Gasteiger partial charge in [0.1, 0.15) is 12.9 Å². The molecule has 2 heteroatoms. The van der Waals surface area contributed by atoms with Crippen LogP contribution in [0.4, 0.5) is 0 Å². The largest absolute Gasteiger partial charge is 0.352 e. The van der Waals surface area contributed by atoms with E-state index in [1.165, 1.54) is 96.3 Å². The van der Waals surface area contributed by atoms with Crippen molar-refractivity contribution in [3.8, 4) is 11.8 Å². The first-order valence-electron chi connectivity index (χ1n) is 11.6. The van der Waals surface area contributed by atoms with Crippen LogP contribution in [-0.2, 0) is 9.47 Å². The number of rotatable bonds is 15. The third kappa shape index (κ3) is 13.7. The van der Waals surface area contributed by atoms with Gasteiger partial charge in [-0.1, -0.05) is 103 Å². The van der Waals surface area contributed by atoms with Gasteiger partial charge in [-0.15, -0.1) is 5.92 Å².